The Labute approximate surface area is 87.4 Å². The summed E-state index contributed by atoms with van der Waals surface area (Å²) in [5.74, 6) is -0.00852. The number of nitriles is 1. The summed E-state index contributed by atoms with van der Waals surface area (Å²) in [6.07, 6.45) is 2.42. The molecule has 1 rings (SSSR count). The van der Waals surface area contributed by atoms with Gasteiger partial charge in [-0.3, -0.25) is 4.79 Å². The van der Waals surface area contributed by atoms with E-state index in [2.05, 4.69) is 5.32 Å². The first kappa shape index (κ1) is 10.7. The van der Waals surface area contributed by atoms with Gasteiger partial charge in [0.1, 0.15) is 11.1 Å². The fourth-order valence-electron chi connectivity index (χ4n) is 1.02. The number of carbonyl (C=O) groups is 1. The van der Waals surface area contributed by atoms with E-state index in [1.165, 1.54) is 11.3 Å². The summed E-state index contributed by atoms with van der Waals surface area (Å²) in [6.45, 7) is 2.04. The number of hydrogen-bond acceptors (Lipinski definition) is 3. The SMILES string of the molecule is CCCCC(=O)Nc1sccc1C#N. The smallest absolute Gasteiger partial charge is 0.225 e. The van der Waals surface area contributed by atoms with Crippen molar-refractivity contribution < 1.29 is 4.79 Å². The number of nitrogens with one attached hydrogen (secondary N) is 1. The molecule has 0 aromatic carbocycles. The predicted molar refractivity (Wildman–Crippen MR) is 57.2 cm³/mol. The van der Waals surface area contributed by atoms with E-state index in [4.69, 9.17) is 5.26 Å². The van der Waals surface area contributed by atoms with Crippen molar-refractivity contribution in [3.63, 3.8) is 0 Å². The molecule has 1 heterocycles. The van der Waals surface area contributed by atoms with Gasteiger partial charge >= 0.3 is 0 Å². The third-order valence-electron chi connectivity index (χ3n) is 1.80. The first-order chi connectivity index (χ1) is 6.77. The Morgan fingerprint density at radius 2 is 2.50 bits per heavy atom. The van der Waals surface area contributed by atoms with Gasteiger partial charge in [0, 0.05) is 6.42 Å². The minimum atomic E-state index is -0.00852. The van der Waals surface area contributed by atoms with Crippen molar-refractivity contribution in [1.82, 2.24) is 0 Å². The molecule has 14 heavy (non-hydrogen) atoms. The zero-order valence-electron chi connectivity index (χ0n) is 8.04. The van der Waals surface area contributed by atoms with Crippen molar-refractivity contribution in [3.05, 3.63) is 17.0 Å². The van der Waals surface area contributed by atoms with Gasteiger partial charge in [-0.15, -0.1) is 11.3 Å². The molecule has 1 amide bonds. The molecule has 0 unspecified atom stereocenters. The number of anilines is 1. The van der Waals surface area contributed by atoms with Crippen LogP contribution in [-0.4, -0.2) is 5.91 Å². The molecule has 0 aliphatic rings. The number of rotatable bonds is 4. The largest absolute Gasteiger partial charge is 0.317 e. The third-order valence-corrected chi connectivity index (χ3v) is 2.63. The van der Waals surface area contributed by atoms with Crippen LogP contribution >= 0.6 is 11.3 Å². The molecule has 0 bridgehead atoms. The molecule has 74 valence electrons. The molecule has 0 aliphatic heterocycles. The molecule has 4 heteroatoms. The van der Waals surface area contributed by atoms with E-state index in [-0.39, 0.29) is 5.91 Å². The van der Waals surface area contributed by atoms with Crippen molar-refractivity contribution in [2.75, 3.05) is 5.32 Å². The minimum Gasteiger partial charge on any atom is -0.317 e. The summed E-state index contributed by atoms with van der Waals surface area (Å²) in [4.78, 5) is 11.3. The molecule has 0 spiro atoms. The second-order valence-electron chi connectivity index (χ2n) is 2.93. The second-order valence-corrected chi connectivity index (χ2v) is 3.84. The standard InChI is InChI=1S/C10H12N2OS/c1-2-3-4-9(13)12-10-8(7-11)5-6-14-10/h5-6H,2-4H2,1H3,(H,12,13). The van der Waals surface area contributed by atoms with Gasteiger partial charge in [0.25, 0.3) is 0 Å². The number of carbonyl (C=O) groups excluding carboxylic acids is 1. The van der Waals surface area contributed by atoms with Gasteiger partial charge in [-0.2, -0.15) is 5.26 Å². The van der Waals surface area contributed by atoms with Gasteiger partial charge in [0.2, 0.25) is 5.91 Å². The van der Waals surface area contributed by atoms with Crippen LogP contribution < -0.4 is 5.32 Å². The van der Waals surface area contributed by atoms with Crippen molar-refractivity contribution in [1.29, 1.82) is 5.26 Å². The van der Waals surface area contributed by atoms with E-state index in [9.17, 15) is 4.79 Å². The Kier molecular flexibility index (Phi) is 4.14. The lowest BCUT2D eigenvalue weighted by molar-refractivity contribution is -0.116. The van der Waals surface area contributed by atoms with Crippen LogP contribution in [0.15, 0.2) is 11.4 Å². The monoisotopic (exact) mass is 208 g/mol. The van der Waals surface area contributed by atoms with Crippen LogP contribution in [0.25, 0.3) is 0 Å². The van der Waals surface area contributed by atoms with Crippen LogP contribution in [0.3, 0.4) is 0 Å². The Morgan fingerprint density at radius 1 is 1.71 bits per heavy atom. The van der Waals surface area contributed by atoms with Crippen LogP contribution in [0.4, 0.5) is 5.00 Å². The summed E-state index contributed by atoms with van der Waals surface area (Å²) in [5.41, 5.74) is 0.542. The maximum atomic E-state index is 11.3. The summed E-state index contributed by atoms with van der Waals surface area (Å²) < 4.78 is 0. The maximum absolute atomic E-state index is 11.3. The summed E-state index contributed by atoms with van der Waals surface area (Å²) in [6, 6.07) is 3.74. The van der Waals surface area contributed by atoms with Crippen LogP contribution in [0.2, 0.25) is 0 Å². The zero-order chi connectivity index (χ0) is 10.4. The van der Waals surface area contributed by atoms with Crippen LogP contribution in [0.5, 0.6) is 0 Å². The quantitative estimate of drug-likeness (QED) is 0.827. The van der Waals surface area contributed by atoms with E-state index >= 15 is 0 Å². The number of unbranched alkanes of at least 4 members (excludes halogenated alkanes) is 1. The molecule has 0 saturated heterocycles. The molecule has 0 aliphatic carbocycles. The van der Waals surface area contributed by atoms with Gasteiger partial charge in [-0.05, 0) is 17.9 Å². The van der Waals surface area contributed by atoms with Gasteiger partial charge in [-0.25, -0.2) is 0 Å². The number of nitrogens with zero attached hydrogens (tertiary/aromatic N) is 1. The highest BCUT2D eigenvalue weighted by Crippen LogP contribution is 2.22. The average molecular weight is 208 g/mol. The molecular formula is C10H12N2OS. The first-order valence-electron chi connectivity index (χ1n) is 4.55. The summed E-state index contributed by atoms with van der Waals surface area (Å²) in [7, 11) is 0. The van der Waals surface area contributed by atoms with Crippen LogP contribution in [-0.2, 0) is 4.79 Å². The first-order valence-corrected chi connectivity index (χ1v) is 5.43. The van der Waals surface area contributed by atoms with E-state index < -0.39 is 0 Å². The normalized spacial score (nSPS) is 9.43. The van der Waals surface area contributed by atoms with Gasteiger partial charge in [0.05, 0.1) is 5.56 Å². The Morgan fingerprint density at radius 3 is 3.14 bits per heavy atom. The lowest BCUT2D eigenvalue weighted by Gasteiger charge is -2.01. The highest BCUT2D eigenvalue weighted by atomic mass is 32.1. The fraction of sp³-hybridized carbons (Fsp3) is 0.400. The van der Waals surface area contributed by atoms with E-state index in [1.54, 1.807) is 11.4 Å². The van der Waals surface area contributed by atoms with E-state index in [0.717, 1.165) is 12.8 Å². The number of hydrogen-bond donors (Lipinski definition) is 1. The molecular weight excluding hydrogens is 196 g/mol. The van der Waals surface area contributed by atoms with E-state index in [0.29, 0.717) is 17.0 Å². The number of amides is 1. The fourth-order valence-corrected chi connectivity index (χ4v) is 1.77. The highest BCUT2D eigenvalue weighted by Gasteiger charge is 2.06. The van der Waals surface area contributed by atoms with Crippen molar-refractivity contribution in [2.24, 2.45) is 0 Å². The molecule has 0 radical (unpaired) electrons. The van der Waals surface area contributed by atoms with Gasteiger partial charge < -0.3 is 5.32 Å². The number of thiophene rings is 1. The molecule has 1 N–H and O–H groups in total. The third kappa shape index (κ3) is 2.86. The zero-order valence-corrected chi connectivity index (χ0v) is 8.86. The molecule has 3 nitrogen and oxygen atoms in total. The molecule has 1 aromatic rings. The van der Waals surface area contributed by atoms with E-state index in [1.807, 2.05) is 13.0 Å². The Hall–Kier alpha value is -1.34. The van der Waals surface area contributed by atoms with Gasteiger partial charge in [-0.1, -0.05) is 13.3 Å². The lowest BCUT2D eigenvalue weighted by Crippen LogP contribution is -2.10. The van der Waals surface area contributed by atoms with Gasteiger partial charge in [0.15, 0.2) is 0 Å². The Balaban J connectivity index is 2.52. The van der Waals surface area contributed by atoms with Crippen molar-refractivity contribution in [2.45, 2.75) is 26.2 Å². The topological polar surface area (TPSA) is 52.9 Å². The minimum absolute atomic E-state index is 0.00852. The second kappa shape index (κ2) is 5.40. The summed E-state index contributed by atoms with van der Waals surface area (Å²) in [5, 5.41) is 13.9. The predicted octanol–water partition coefficient (Wildman–Crippen LogP) is 2.75. The highest BCUT2D eigenvalue weighted by molar-refractivity contribution is 7.14. The average Bonchev–Trinajstić information content (AvgIpc) is 2.62. The maximum Gasteiger partial charge on any atom is 0.225 e. The molecule has 0 saturated carbocycles. The molecule has 1 aromatic heterocycles. The van der Waals surface area contributed by atoms with Crippen molar-refractivity contribution in [3.8, 4) is 6.07 Å². The summed E-state index contributed by atoms with van der Waals surface area (Å²) >= 11 is 1.38. The molecule has 0 fully saturated rings. The van der Waals surface area contributed by atoms with Crippen molar-refractivity contribution >= 4 is 22.2 Å². The lowest BCUT2D eigenvalue weighted by atomic mass is 10.2. The Bertz CT molecular complexity index is 351. The van der Waals surface area contributed by atoms with Crippen LogP contribution in [0, 0.1) is 11.3 Å². The molecule has 0 atom stereocenters. The van der Waals surface area contributed by atoms with Crippen LogP contribution in [0.1, 0.15) is 31.7 Å².